The molecule has 0 aliphatic rings. The summed E-state index contributed by atoms with van der Waals surface area (Å²) in [6.45, 7) is 0.234. The molecular formula is C10H13FN4O2. The van der Waals surface area contributed by atoms with Gasteiger partial charge in [-0.25, -0.2) is 8.91 Å². The van der Waals surface area contributed by atoms with Crippen molar-refractivity contribution < 1.29 is 14.2 Å². The Morgan fingerprint density at radius 3 is 3.12 bits per heavy atom. The van der Waals surface area contributed by atoms with Gasteiger partial charge in [-0.05, 0) is 12.1 Å². The minimum atomic E-state index is -0.385. The second-order valence-corrected chi connectivity index (χ2v) is 3.56. The van der Waals surface area contributed by atoms with E-state index in [2.05, 4.69) is 15.4 Å². The molecule has 7 heteroatoms. The second-order valence-electron chi connectivity index (χ2n) is 3.56. The summed E-state index contributed by atoms with van der Waals surface area (Å²) in [6, 6.07) is 2.55. The van der Waals surface area contributed by atoms with Crippen molar-refractivity contribution in [3.8, 4) is 0 Å². The third kappa shape index (κ3) is 2.69. The summed E-state index contributed by atoms with van der Waals surface area (Å²) in [5.41, 5.74) is 0.531. The molecule has 2 aromatic heterocycles. The number of halogens is 1. The number of pyridine rings is 1. The van der Waals surface area contributed by atoms with E-state index in [1.165, 1.54) is 30.0 Å². The fourth-order valence-corrected chi connectivity index (χ4v) is 1.44. The zero-order valence-electron chi connectivity index (χ0n) is 9.30. The molecule has 1 unspecified atom stereocenters. The van der Waals surface area contributed by atoms with Gasteiger partial charge in [0, 0.05) is 7.11 Å². The Morgan fingerprint density at radius 2 is 2.41 bits per heavy atom. The van der Waals surface area contributed by atoms with Gasteiger partial charge in [-0.3, -0.25) is 0 Å². The number of rotatable bonds is 5. The minimum absolute atomic E-state index is 0.0995. The maximum Gasteiger partial charge on any atom is 0.243 e. The van der Waals surface area contributed by atoms with Gasteiger partial charge in [0.2, 0.25) is 5.95 Å². The van der Waals surface area contributed by atoms with Gasteiger partial charge in [0.05, 0.1) is 25.5 Å². The molecule has 0 aromatic carbocycles. The number of ether oxygens (including phenoxy) is 1. The smallest absolute Gasteiger partial charge is 0.243 e. The first-order chi connectivity index (χ1) is 8.22. The predicted octanol–water partition coefficient (Wildman–Crippen LogP) is 0.288. The van der Waals surface area contributed by atoms with E-state index in [1.807, 2.05) is 0 Å². The Labute approximate surface area is 97.0 Å². The minimum Gasteiger partial charge on any atom is -0.394 e. The van der Waals surface area contributed by atoms with E-state index in [9.17, 15) is 4.39 Å². The van der Waals surface area contributed by atoms with Gasteiger partial charge >= 0.3 is 0 Å². The van der Waals surface area contributed by atoms with Crippen molar-refractivity contribution in [3.63, 3.8) is 0 Å². The molecule has 2 heterocycles. The average Bonchev–Trinajstić information content (AvgIpc) is 2.69. The van der Waals surface area contributed by atoms with Crippen LogP contribution in [0.2, 0.25) is 0 Å². The van der Waals surface area contributed by atoms with E-state index in [-0.39, 0.29) is 18.5 Å². The number of nitrogens with zero attached hydrogens (tertiary/aromatic N) is 3. The molecule has 2 N–H and O–H groups in total. The lowest BCUT2D eigenvalue weighted by atomic mass is 10.3. The topological polar surface area (TPSA) is 71.7 Å². The Balaban J connectivity index is 2.18. The van der Waals surface area contributed by atoms with E-state index in [1.54, 1.807) is 0 Å². The third-order valence-electron chi connectivity index (χ3n) is 2.22. The van der Waals surface area contributed by atoms with Crippen LogP contribution in [0.1, 0.15) is 0 Å². The van der Waals surface area contributed by atoms with E-state index in [4.69, 9.17) is 9.84 Å². The molecule has 0 spiro atoms. The Morgan fingerprint density at radius 1 is 1.59 bits per heavy atom. The zero-order chi connectivity index (χ0) is 12.3. The number of anilines is 1. The van der Waals surface area contributed by atoms with Crippen molar-refractivity contribution in [2.24, 2.45) is 0 Å². The van der Waals surface area contributed by atoms with Gasteiger partial charge in [0.25, 0.3) is 0 Å². The molecule has 0 aliphatic heterocycles. The van der Waals surface area contributed by atoms with Crippen LogP contribution in [0, 0.1) is 5.82 Å². The first-order valence-electron chi connectivity index (χ1n) is 5.11. The van der Waals surface area contributed by atoms with Crippen LogP contribution >= 0.6 is 0 Å². The maximum absolute atomic E-state index is 12.9. The molecule has 0 amide bonds. The number of hydrogen-bond donors (Lipinski definition) is 2. The van der Waals surface area contributed by atoms with Crippen molar-refractivity contribution in [2.75, 3.05) is 25.6 Å². The molecular weight excluding hydrogens is 227 g/mol. The number of aliphatic hydroxyl groups excluding tert-OH is 1. The van der Waals surface area contributed by atoms with Crippen molar-refractivity contribution >= 4 is 11.6 Å². The molecule has 17 heavy (non-hydrogen) atoms. The molecule has 92 valence electrons. The molecule has 1 atom stereocenters. The standard InChI is InChI=1S/C10H13FN4O2/c1-17-6-8(5-16)12-10-13-9-3-2-7(11)4-15(9)14-10/h2-4,8,16H,5-6H2,1H3,(H,12,14). The molecule has 0 saturated carbocycles. The van der Waals surface area contributed by atoms with Crippen LogP contribution in [0.4, 0.5) is 10.3 Å². The summed E-state index contributed by atoms with van der Waals surface area (Å²) >= 11 is 0. The third-order valence-corrected chi connectivity index (χ3v) is 2.22. The fourth-order valence-electron chi connectivity index (χ4n) is 1.44. The molecule has 2 aromatic rings. The summed E-state index contributed by atoms with van der Waals surface area (Å²) in [7, 11) is 1.54. The van der Waals surface area contributed by atoms with Crippen LogP contribution in [0.15, 0.2) is 18.3 Å². The number of fused-ring (bicyclic) bond motifs is 1. The van der Waals surface area contributed by atoms with Crippen molar-refractivity contribution in [2.45, 2.75) is 6.04 Å². The van der Waals surface area contributed by atoms with Crippen LogP contribution in [0.25, 0.3) is 5.65 Å². The van der Waals surface area contributed by atoms with Crippen LogP contribution in [-0.4, -0.2) is 46.1 Å². The van der Waals surface area contributed by atoms with Crippen molar-refractivity contribution in [1.82, 2.24) is 14.6 Å². The summed E-state index contributed by atoms with van der Waals surface area (Å²) in [5, 5.41) is 16.0. The van der Waals surface area contributed by atoms with E-state index in [0.717, 1.165) is 0 Å². The molecule has 0 bridgehead atoms. The van der Waals surface area contributed by atoms with Crippen LogP contribution in [0.5, 0.6) is 0 Å². The second kappa shape index (κ2) is 5.07. The summed E-state index contributed by atoms with van der Waals surface area (Å²) in [4.78, 5) is 4.13. The van der Waals surface area contributed by atoms with Crippen LogP contribution in [-0.2, 0) is 4.74 Å². The SMILES string of the molecule is COCC(CO)Nc1nc2ccc(F)cn2n1. The first-order valence-corrected chi connectivity index (χ1v) is 5.11. The van der Waals surface area contributed by atoms with Crippen molar-refractivity contribution in [3.05, 3.63) is 24.1 Å². The van der Waals surface area contributed by atoms with Gasteiger partial charge in [0.15, 0.2) is 5.65 Å². The monoisotopic (exact) mass is 240 g/mol. The molecule has 6 nitrogen and oxygen atoms in total. The number of hydrogen-bond acceptors (Lipinski definition) is 5. The number of methoxy groups -OCH3 is 1. The molecule has 0 fully saturated rings. The lowest BCUT2D eigenvalue weighted by Crippen LogP contribution is -2.29. The highest BCUT2D eigenvalue weighted by molar-refractivity contribution is 5.43. The summed E-state index contributed by atoms with van der Waals surface area (Å²) < 4.78 is 19.2. The molecule has 0 saturated heterocycles. The summed E-state index contributed by atoms with van der Waals surface area (Å²) in [6.07, 6.45) is 1.23. The number of aliphatic hydroxyl groups is 1. The van der Waals surface area contributed by atoms with E-state index >= 15 is 0 Å². The number of aromatic nitrogens is 3. The highest BCUT2D eigenvalue weighted by Gasteiger charge is 2.10. The van der Waals surface area contributed by atoms with Crippen LogP contribution < -0.4 is 5.32 Å². The Hall–Kier alpha value is -1.73. The van der Waals surface area contributed by atoms with E-state index < -0.39 is 0 Å². The Bertz CT molecular complexity index is 502. The van der Waals surface area contributed by atoms with Gasteiger partial charge < -0.3 is 15.2 Å². The highest BCUT2D eigenvalue weighted by atomic mass is 19.1. The largest absolute Gasteiger partial charge is 0.394 e. The lowest BCUT2D eigenvalue weighted by molar-refractivity contribution is 0.153. The maximum atomic E-state index is 12.9. The zero-order valence-corrected chi connectivity index (χ0v) is 9.30. The fraction of sp³-hybridized carbons (Fsp3) is 0.400. The Kier molecular flexibility index (Phi) is 3.50. The van der Waals surface area contributed by atoms with Crippen molar-refractivity contribution in [1.29, 1.82) is 0 Å². The normalized spacial score (nSPS) is 12.9. The average molecular weight is 240 g/mol. The summed E-state index contributed by atoms with van der Waals surface area (Å²) in [5.74, 6) is -0.0590. The van der Waals surface area contributed by atoms with Crippen LogP contribution in [0.3, 0.4) is 0 Å². The van der Waals surface area contributed by atoms with Gasteiger partial charge in [-0.2, -0.15) is 4.98 Å². The van der Waals surface area contributed by atoms with Gasteiger partial charge in [-0.1, -0.05) is 0 Å². The molecule has 0 radical (unpaired) electrons. The van der Waals surface area contributed by atoms with Gasteiger partial charge in [-0.15, -0.1) is 5.10 Å². The van der Waals surface area contributed by atoms with E-state index in [0.29, 0.717) is 18.2 Å². The highest BCUT2D eigenvalue weighted by Crippen LogP contribution is 2.07. The predicted molar refractivity (Wildman–Crippen MR) is 59.3 cm³/mol. The first kappa shape index (κ1) is 11.7. The van der Waals surface area contributed by atoms with Gasteiger partial charge in [0.1, 0.15) is 5.82 Å². The lowest BCUT2D eigenvalue weighted by Gasteiger charge is -2.12. The quantitative estimate of drug-likeness (QED) is 0.785. The molecule has 2 rings (SSSR count). The molecule has 0 aliphatic carbocycles. The number of nitrogens with one attached hydrogen (secondary N) is 1.